The third-order valence-corrected chi connectivity index (χ3v) is 5.35. The fourth-order valence-corrected chi connectivity index (χ4v) is 3.72. The Morgan fingerprint density at radius 3 is 1.50 bits per heavy atom. The van der Waals surface area contributed by atoms with Crippen molar-refractivity contribution >= 4 is 0 Å². The zero-order chi connectivity index (χ0) is 21.2. The van der Waals surface area contributed by atoms with Crippen molar-refractivity contribution in [1.29, 1.82) is 0 Å². The van der Waals surface area contributed by atoms with Crippen LogP contribution in [0, 0.1) is 0 Å². The highest BCUT2D eigenvalue weighted by atomic mass is 16.3. The predicted octanol–water partition coefficient (Wildman–Crippen LogP) is 3.86. The van der Waals surface area contributed by atoms with Crippen LogP contribution in [0.25, 0.3) is 0 Å². The van der Waals surface area contributed by atoms with Gasteiger partial charge in [-0.05, 0) is 36.5 Å². The molecule has 0 saturated heterocycles. The van der Waals surface area contributed by atoms with E-state index in [2.05, 4.69) is 65.7 Å². The summed E-state index contributed by atoms with van der Waals surface area (Å²) in [5.74, 6) is 0. The second-order valence-corrected chi connectivity index (χ2v) is 7.71. The lowest BCUT2D eigenvalue weighted by atomic mass is 10.1. The summed E-state index contributed by atoms with van der Waals surface area (Å²) in [5, 5.41) is 15.3. The molecule has 3 aromatic rings. The molecule has 3 rings (SSSR count). The van der Waals surface area contributed by atoms with Gasteiger partial charge in [0.25, 0.3) is 0 Å². The number of hydrazine groups is 1. The number of nitrogens with zero attached hydrogens (tertiary/aromatic N) is 2. The van der Waals surface area contributed by atoms with Crippen molar-refractivity contribution in [3.05, 3.63) is 108 Å². The normalized spacial score (nSPS) is 13.5. The van der Waals surface area contributed by atoms with Gasteiger partial charge in [-0.1, -0.05) is 91.0 Å². The molecule has 0 fully saturated rings. The molecule has 0 aliphatic carbocycles. The van der Waals surface area contributed by atoms with Crippen molar-refractivity contribution in [1.82, 2.24) is 10.0 Å². The van der Waals surface area contributed by atoms with Crippen molar-refractivity contribution in [3.8, 4) is 0 Å². The van der Waals surface area contributed by atoms with Gasteiger partial charge in [0.1, 0.15) is 6.23 Å². The number of nitrogens with two attached hydrogens (primary N) is 1. The van der Waals surface area contributed by atoms with Crippen molar-refractivity contribution in [2.45, 2.75) is 38.6 Å². The second-order valence-electron chi connectivity index (χ2n) is 7.71. The molecule has 2 atom stereocenters. The third-order valence-electron chi connectivity index (χ3n) is 5.35. The minimum atomic E-state index is -0.641. The van der Waals surface area contributed by atoms with Crippen LogP contribution < -0.4 is 5.73 Å². The lowest BCUT2D eigenvalue weighted by Gasteiger charge is -2.40. The zero-order valence-corrected chi connectivity index (χ0v) is 17.8. The van der Waals surface area contributed by atoms with Crippen molar-refractivity contribution in [3.63, 3.8) is 0 Å². The Kier molecular flexibility index (Phi) is 8.60. The SMILES string of the molecule is CC(N)N(CCc1ccccc1)N(CCc1ccccc1)C(O)Cc1ccccc1. The van der Waals surface area contributed by atoms with Gasteiger partial charge < -0.3 is 10.8 Å². The van der Waals surface area contributed by atoms with Crippen LogP contribution in [0.5, 0.6) is 0 Å². The third kappa shape index (κ3) is 6.78. The Balaban J connectivity index is 1.75. The Morgan fingerprint density at radius 2 is 1.07 bits per heavy atom. The number of aliphatic hydroxyl groups is 1. The Morgan fingerprint density at radius 1 is 0.667 bits per heavy atom. The predicted molar refractivity (Wildman–Crippen MR) is 124 cm³/mol. The van der Waals surface area contributed by atoms with E-state index in [1.54, 1.807) is 0 Å². The highest BCUT2D eigenvalue weighted by Gasteiger charge is 2.25. The number of hydrogen-bond acceptors (Lipinski definition) is 4. The van der Waals surface area contributed by atoms with Gasteiger partial charge in [-0.3, -0.25) is 0 Å². The van der Waals surface area contributed by atoms with E-state index in [4.69, 9.17) is 5.73 Å². The van der Waals surface area contributed by atoms with E-state index in [0.717, 1.165) is 24.9 Å². The molecule has 3 N–H and O–H groups in total. The van der Waals surface area contributed by atoms with Crippen LogP contribution in [0.3, 0.4) is 0 Å². The van der Waals surface area contributed by atoms with Gasteiger partial charge in [0.2, 0.25) is 0 Å². The molecule has 0 aromatic heterocycles. The van der Waals surface area contributed by atoms with Crippen LogP contribution in [0.2, 0.25) is 0 Å². The maximum Gasteiger partial charge on any atom is 0.124 e. The first-order valence-electron chi connectivity index (χ1n) is 10.7. The first-order chi connectivity index (χ1) is 14.6. The average Bonchev–Trinajstić information content (AvgIpc) is 2.77. The topological polar surface area (TPSA) is 52.7 Å². The van der Waals surface area contributed by atoms with E-state index in [0.29, 0.717) is 13.0 Å². The largest absolute Gasteiger partial charge is 0.377 e. The molecule has 0 bridgehead atoms. The molecule has 0 heterocycles. The first-order valence-corrected chi connectivity index (χ1v) is 10.7. The van der Waals surface area contributed by atoms with Gasteiger partial charge in [0.15, 0.2) is 0 Å². The van der Waals surface area contributed by atoms with Gasteiger partial charge in [-0.2, -0.15) is 0 Å². The van der Waals surface area contributed by atoms with Crippen LogP contribution in [-0.2, 0) is 19.3 Å². The standard InChI is InChI=1S/C26H33N3O/c1-22(27)28(19-17-23-11-5-2-6-12-23)29(20-18-24-13-7-3-8-14-24)26(30)21-25-15-9-4-10-16-25/h2-16,22,26,30H,17-21,27H2,1H3. The molecular formula is C26H33N3O. The molecule has 158 valence electrons. The molecule has 4 heteroatoms. The molecular weight excluding hydrogens is 370 g/mol. The van der Waals surface area contributed by atoms with Crippen molar-refractivity contribution in [2.24, 2.45) is 5.73 Å². The maximum absolute atomic E-state index is 11.2. The van der Waals surface area contributed by atoms with Gasteiger partial charge >= 0.3 is 0 Å². The van der Waals surface area contributed by atoms with Gasteiger partial charge in [-0.25, -0.2) is 10.0 Å². The number of aliphatic hydroxyl groups excluding tert-OH is 1. The number of hydrogen-bond donors (Lipinski definition) is 2. The molecule has 0 spiro atoms. The minimum Gasteiger partial charge on any atom is -0.377 e. The monoisotopic (exact) mass is 403 g/mol. The van der Waals surface area contributed by atoms with E-state index < -0.39 is 6.23 Å². The second kappa shape index (κ2) is 11.6. The van der Waals surface area contributed by atoms with Gasteiger partial charge in [0, 0.05) is 19.5 Å². The van der Waals surface area contributed by atoms with Gasteiger partial charge in [-0.15, -0.1) is 0 Å². The molecule has 0 saturated carbocycles. The smallest absolute Gasteiger partial charge is 0.124 e. The number of benzene rings is 3. The first kappa shape index (κ1) is 22.2. The lowest BCUT2D eigenvalue weighted by molar-refractivity contribution is -0.155. The average molecular weight is 404 g/mol. The van der Waals surface area contributed by atoms with Crippen LogP contribution in [0.1, 0.15) is 23.6 Å². The summed E-state index contributed by atoms with van der Waals surface area (Å²) in [4.78, 5) is 0. The quantitative estimate of drug-likeness (QED) is 0.377. The van der Waals surface area contributed by atoms with E-state index in [-0.39, 0.29) is 6.17 Å². The van der Waals surface area contributed by atoms with Crippen LogP contribution in [0.4, 0.5) is 0 Å². The van der Waals surface area contributed by atoms with Crippen LogP contribution in [-0.4, -0.2) is 40.6 Å². The summed E-state index contributed by atoms with van der Waals surface area (Å²) in [5.41, 5.74) is 10.0. The molecule has 0 amide bonds. The summed E-state index contributed by atoms with van der Waals surface area (Å²) in [6.45, 7) is 3.44. The Hall–Kier alpha value is -2.50. The summed E-state index contributed by atoms with van der Waals surface area (Å²) in [6.07, 6.45) is 1.45. The molecule has 0 aliphatic heterocycles. The van der Waals surface area contributed by atoms with Crippen LogP contribution in [0.15, 0.2) is 91.0 Å². The molecule has 0 aliphatic rings. The summed E-state index contributed by atoms with van der Waals surface area (Å²) in [6, 6.07) is 30.9. The molecule has 2 unspecified atom stereocenters. The van der Waals surface area contributed by atoms with Gasteiger partial charge in [0.05, 0.1) is 6.17 Å². The number of rotatable bonds is 11. The minimum absolute atomic E-state index is 0.199. The summed E-state index contributed by atoms with van der Waals surface area (Å²) in [7, 11) is 0. The van der Waals surface area contributed by atoms with E-state index in [9.17, 15) is 5.11 Å². The van der Waals surface area contributed by atoms with Crippen LogP contribution >= 0.6 is 0 Å². The molecule has 30 heavy (non-hydrogen) atoms. The lowest BCUT2D eigenvalue weighted by Crippen LogP contribution is -2.57. The van der Waals surface area contributed by atoms with Crippen molar-refractivity contribution in [2.75, 3.05) is 13.1 Å². The summed E-state index contributed by atoms with van der Waals surface area (Å²) < 4.78 is 0. The summed E-state index contributed by atoms with van der Waals surface area (Å²) >= 11 is 0. The molecule has 3 aromatic carbocycles. The van der Waals surface area contributed by atoms with E-state index >= 15 is 0 Å². The highest BCUT2D eigenvalue weighted by Crippen LogP contribution is 2.14. The highest BCUT2D eigenvalue weighted by molar-refractivity contribution is 5.17. The molecule has 4 nitrogen and oxygen atoms in total. The zero-order valence-electron chi connectivity index (χ0n) is 17.8. The Labute approximate surface area is 180 Å². The molecule has 0 radical (unpaired) electrons. The Bertz CT molecular complexity index is 840. The maximum atomic E-state index is 11.2. The fraction of sp³-hybridized carbons (Fsp3) is 0.308. The van der Waals surface area contributed by atoms with E-state index in [1.807, 2.05) is 42.3 Å². The van der Waals surface area contributed by atoms with Crippen molar-refractivity contribution < 1.29 is 5.11 Å². The fourth-order valence-electron chi connectivity index (χ4n) is 3.72. The van der Waals surface area contributed by atoms with E-state index in [1.165, 1.54) is 11.1 Å².